The Morgan fingerprint density at radius 1 is 1.70 bits per heavy atom. The SMILES string of the molecule is NC(=O)NC(=S)N[N+](=O)[O-]. The van der Waals surface area contributed by atoms with Crippen LogP contribution in [0.15, 0.2) is 0 Å². The molecule has 0 aromatic heterocycles. The van der Waals surface area contributed by atoms with E-state index >= 15 is 0 Å². The molecule has 0 aromatic carbocycles. The normalized spacial score (nSPS) is 8.00. The minimum absolute atomic E-state index is 0.433. The molecule has 2 amide bonds. The first-order valence-electron chi connectivity index (χ1n) is 2.04. The van der Waals surface area contributed by atoms with Crippen molar-refractivity contribution in [1.29, 1.82) is 0 Å². The highest BCUT2D eigenvalue weighted by molar-refractivity contribution is 7.80. The molecule has 0 heterocycles. The van der Waals surface area contributed by atoms with Crippen molar-refractivity contribution < 1.29 is 9.83 Å². The Hall–Kier alpha value is -1.44. The van der Waals surface area contributed by atoms with Gasteiger partial charge in [0.1, 0.15) is 0 Å². The number of nitrogens with zero attached hydrogens (tertiary/aromatic N) is 1. The van der Waals surface area contributed by atoms with Crippen molar-refractivity contribution in [3.8, 4) is 0 Å². The smallest absolute Gasteiger partial charge is 0.318 e. The predicted octanol–water partition coefficient (Wildman–Crippen LogP) is -1.28. The quantitative estimate of drug-likeness (QED) is 0.254. The molecule has 7 nitrogen and oxygen atoms in total. The van der Waals surface area contributed by atoms with E-state index in [1.165, 1.54) is 5.43 Å². The predicted molar refractivity (Wildman–Crippen MR) is 35.4 cm³/mol. The lowest BCUT2D eigenvalue weighted by atomic mass is 10.9. The molecular weight excluding hydrogens is 160 g/mol. The molecule has 0 aromatic rings. The zero-order valence-electron chi connectivity index (χ0n) is 4.66. The van der Waals surface area contributed by atoms with Crippen LogP contribution < -0.4 is 16.5 Å². The minimum Gasteiger partial charge on any atom is -0.351 e. The van der Waals surface area contributed by atoms with Gasteiger partial charge in [-0.05, 0) is 12.2 Å². The Labute approximate surface area is 60.7 Å². The van der Waals surface area contributed by atoms with E-state index in [1.807, 2.05) is 0 Å². The van der Waals surface area contributed by atoms with Gasteiger partial charge >= 0.3 is 6.03 Å². The Morgan fingerprint density at radius 2 is 2.20 bits per heavy atom. The van der Waals surface area contributed by atoms with Crippen LogP contribution in [-0.4, -0.2) is 16.2 Å². The monoisotopic (exact) mass is 164 g/mol. The largest absolute Gasteiger partial charge is 0.351 e. The summed E-state index contributed by atoms with van der Waals surface area (Å²) in [6, 6.07) is -0.945. The van der Waals surface area contributed by atoms with Gasteiger partial charge in [0.25, 0.3) is 0 Å². The zero-order chi connectivity index (χ0) is 8.15. The molecule has 0 bridgehead atoms. The van der Waals surface area contributed by atoms with Crippen LogP contribution in [-0.2, 0) is 0 Å². The number of urea groups is 1. The third-order valence-corrected chi connectivity index (χ3v) is 0.623. The first-order valence-corrected chi connectivity index (χ1v) is 2.44. The molecular formula is C2H4N4O3S. The minimum atomic E-state index is -0.945. The van der Waals surface area contributed by atoms with Crippen molar-refractivity contribution >= 4 is 23.4 Å². The Balaban J connectivity index is 3.65. The number of carbonyl (C=O) groups is 1. The number of nitrogens with one attached hydrogen (secondary N) is 2. The molecule has 10 heavy (non-hydrogen) atoms. The molecule has 0 saturated heterocycles. The van der Waals surface area contributed by atoms with Gasteiger partial charge in [-0.15, -0.1) is 0 Å². The molecule has 8 heteroatoms. The second-order valence-electron chi connectivity index (χ2n) is 1.19. The second kappa shape index (κ2) is 3.56. The van der Waals surface area contributed by atoms with Gasteiger partial charge in [-0.25, -0.2) is 14.9 Å². The maximum atomic E-state index is 9.95. The van der Waals surface area contributed by atoms with Crippen LogP contribution in [0.1, 0.15) is 0 Å². The van der Waals surface area contributed by atoms with Gasteiger partial charge in [0, 0.05) is 0 Å². The number of carbonyl (C=O) groups excluding carboxylic acids is 1. The zero-order valence-corrected chi connectivity index (χ0v) is 5.47. The van der Waals surface area contributed by atoms with Crippen LogP contribution in [0.2, 0.25) is 0 Å². The molecule has 0 saturated carbocycles. The molecule has 0 atom stereocenters. The average Bonchev–Trinajstić information content (AvgIpc) is 1.58. The second-order valence-corrected chi connectivity index (χ2v) is 1.60. The van der Waals surface area contributed by atoms with Crippen LogP contribution in [0.25, 0.3) is 0 Å². The van der Waals surface area contributed by atoms with Crippen LogP contribution in [0.5, 0.6) is 0 Å². The fraction of sp³-hybridized carbons (Fsp3) is 0. The molecule has 0 aliphatic carbocycles. The number of hydrazine groups is 1. The van der Waals surface area contributed by atoms with E-state index in [9.17, 15) is 14.9 Å². The lowest BCUT2D eigenvalue weighted by Crippen LogP contribution is -2.44. The van der Waals surface area contributed by atoms with E-state index in [4.69, 9.17) is 0 Å². The Kier molecular flexibility index (Phi) is 3.05. The lowest BCUT2D eigenvalue weighted by molar-refractivity contribution is -0.525. The van der Waals surface area contributed by atoms with E-state index in [-0.39, 0.29) is 0 Å². The van der Waals surface area contributed by atoms with Crippen LogP contribution in [0.3, 0.4) is 0 Å². The summed E-state index contributed by atoms with van der Waals surface area (Å²) >= 11 is 4.24. The summed E-state index contributed by atoms with van der Waals surface area (Å²) in [4.78, 5) is 19.6. The molecule has 0 aliphatic heterocycles. The highest BCUT2D eigenvalue weighted by atomic mass is 32.1. The van der Waals surface area contributed by atoms with Crippen LogP contribution >= 0.6 is 12.2 Å². The number of hydrogen-bond acceptors (Lipinski definition) is 4. The summed E-state index contributed by atoms with van der Waals surface area (Å²) in [6.45, 7) is 0. The number of nitro groups is 1. The molecule has 0 rings (SSSR count). The molecule has 0 spiro atoms. The summed E-state index contributed by atoms with van der Waals surface area (Å²) in [5, 5.41) is 10.1. The molecule has 0 radical (unpaired) electrons. The summed E-state index contributed by atoms with van der Waals surface area (Å²) in [7, 11) is 0. The summed E-state index contributed by atoms with van der Waals surface area (Å²) < 4.78 is 0. The van der Waals surface area contributed by atoms with Crippen molar-refractivity contribution in [1.82, 2.24) is 10.7 Å². The van der Waals surface area contributed by atoms with Crippen LogP contribution in [0, 0.1) is 10.1 Å². The van der Waals surface area contributed by atoms with E-state index in [1.54, 1.807) is 5.32 Å². The van der Waals surface area contributed by atoms with Gasteiger partial charge in [0.05, 0.1) is 0 Å². The van der Waals surface area contributed by atoms with Gasteiger partial charge in [-0.1, -0.05) is 5.43 Å². The summed E-state index contributed by atoms with van der Waals surface area (Å²) in [5.74, 6) is 0. The molecule has 56 valence electrons. The first kappa shape index (κ1) is 8.56. The number of amides is 2. The number of nitrogens with two attached hydrogens (primary N) is 1. The van der Waals surface area contributed by atoms with E-state index in [0.29, 0.717) is 0 Å². The van der Waals surface area contributed by atoms with Crippen molar-refractivity contribution in [2.75, 3.05) is 0 Å². The van der Waals surface area contributed by atoms with E-state index in [2.05, 4.69) is 18.0 Å². The third kappa shape index (κ3) is 4.71. The summed E-state index contributed by atoms with van der Waals surface area (Å²) in [5.41, 5.74) is 6.08. The summed E-state index contributed by atoms with van der Waals surface area (Å²) in [6.07, 6.45) is 0. The average molecular weight is 164 g/mol. The maximum absolute atomic E-state index is 9.95. The molecule has 4 N–H and O–H groups in total. The third-order valence-electron chi connectivity index (χ3n) is 0.430. The maximum Gasteiger partial charge on any atom is 0.318 e. The van der Waals surface area contributed by atoms with E-state index < -0.39 is 16.2 Å². The number of hydrogen-bond donors (Lipinski definition) is 3. The highest BCUT2D eigenvalue weighted by Crippen LogP contribution is 1.64. The van der Waals surface area contributed by atoms with E-state index in [0.717, 1.165) is 0 Å². The first-order chi connectivity index (χ1) is 4.52. The standard InChI is InChI=1S/C2H4N4O3S/c3-1(7)4-2(10)5-6(8)9/h(H4,3,4,5,7,10). The fourth-order valence-corrected chi connectivity index (χ4v) is 0.398. The molecule has 0 aliphatic rings. The lowest BCUT2D eigenvalue weighted by Gasteiger charge is -1.97. The number of rotatable bonds is 1. The Bertz CT molecular complexity index is 161. The van der Waals surface area contributed by atoms with Gasteiger partial charge in [0.15, 0.2) is 5.03 Å². The van der Waals surface area contributed by atoms with Crippen molar-refractivity contribution in [3.05, 3.63) is 10.1 Å². The van der Waals surface area contributed by atoms with Gasteiger partial charge in [-0.3, -0.25) is 5.32 Å². The van der Waals surface area contributed by atoms with Crippen molar-refractivity contribution in [2.45, 2.75) is 0 Å². The van der Waals surface area contributed by atoms with Crippen LogP contribution in [0.4, 0.5) is 4.79 Å². The van der Waals surface area contributed by atoms with Crippen molar-refractivity contribution in [2.24, 2.45) is 5.73 Å². The number of primary amides is 1. The van der Waals surface area contributed by atoms with Gasteiger partial charge in [0.2, 0.25) is 5.11 Å². The topological polar surface area (TPSA) is 110 Å². The van der Waals surface area contributed by atoms with Gasteiger partial charge in [-0.2, -0.15) is 0 Å². The molecule has 0 unspecified atom stereocenters. The Morgan fingerprint density at radius 3 is 2.50 bits per heavy atom. The number of thiocarbonyl (C=S) groups is 1. The highest BCUT2D eigenvalue weighted by Gasteiger charge is 2.02. The van der Waals surface area contributed by atoms with Crippen molar-refractivity contribution in [3.63, 3.8) is 0 Å². The molecule has 0 fully saturated rings. The van der Waals surface area contributed by atoms with Gasteiger partial charge < -0.3 is 5.73 Å². The fourth-order valence-electron chi connectivity index (χ4n) is 0.223.